The molecule has 1 aliphatic carbocycles. The summed E-state index contributed by atoms with van der Waals surface area (Å²) >= 11 is 0. The van der Waals surface area contributed by atoms with Gasteiger partial charge in [-0.1, -0.05) is 18.0 Å². The smallest absolute Gasteiger partial charge is 0.315 e. The number of nitrogens with one attached hydrogen (secondary N) is 2. The van der Waals surface area contributed by atoms with Gasteiger partial charge >= 0.3 is 6.03 Å². The molecule has 1 aromatic rings. The van der Waals surface area contributed by atoms with Crippen LogP contribution < -0.4 is 10.6 Å². The van der Waals surface area contributed by atoms with Gasteiger partial charge in [-0.25, -0.2) is 4.79 Å². The van der Waals surface area contributed by atoms with Crippen LogP contribution in [-0.4, -0.2) is 17.2 Å². The predicted octanol–water partition coefficient (Wildman–Crippen LogP) is 1.72. The second kappa shape index (κ2) is 5.01. The molecule has 2 rings (SSSR count). The van der Waals surface area contributed by atoms with E-state index >= 15 is 0 Å². The number of carbonyl (C=O) groups is 1. The van der Waals surface area contributed by atoms with Gasteiger partial charge in [-0.05, 0) is 19.8 Å². The van der Waals surface area contributed by atoms with Gasteiger partial charge in [-0.3, -0.25) is 0 Å². The van der Waals surface area contributed by atoms with E-state index in [0.717, 1.165) is 24.2 Å². The molecule has 2 N–H and O–H groups in total. The second-order valence-electron chi connectivity index (χ2n) is 4.22. The average Bonchev–Trinajstić information content (AvgIpc) is 2.87. The van der Waals surface area contributed by atoms with Crippen molar-refractivity contribution < 1.29 is 9.32 Å². The number of amides is 2. The van der Waals surface area contributed by atoms with Gasteiger partial charge < -0.3 is 15.2 Å². The molecule has 0 atom stereocenters. The summed E-state index contributed by atoms with van der Waals surface area (Å²) in [5.41, 5.74) is 0.918. The summed E-state index contributed by atoms with van der Waals surface area (Å²) in [5.74, 6) is 0.751. The lowest BCUT2D eigenvalue weighted by molar-refractivity contribution is 0.236. The fraction of sp³-hybridized carbons (Fsp3) is 0.636. The molecule has 0 radical (unpaired) electrons. The molecule has 0 spiro atoms. The number of aryl methyl sites for hydroxylation is 1. The Hall–Kier alpha value is -1.52. The number of carbonyl (C=O) groups excluding carboxylic acids is 1. The molecule has 5 heteroatoms. The van der Waals surface area contributed by atoms with Gasteiger partial charge in [0.15, 0.2) is 0 Å². The van der Waals surface area contributed by atoms with Crippen molar-refractivity contribution in [2.24, 2.45) is 0 Å². The Bertz CT molecular complexity index is 356. The van der Waals surface area contributed by atoms with Crippen LogP contribution in [0, 0.1) is 6.92 Å². The van der Waals surface area contributed by atoms with E-state index in [1.807, 2.05) is 6.92 Å². The molecule has 5 nitrogen and oxygen atoms in total. The second-order valence-corrected chi connectivity index (χ2v) is 4.22. The Kier molecular flexibility index (Phi) is 3.44. The van der Waals surface area contributed by atoms with E-state index < -0.39 is 0 Å². The number of nitrogens with zero attached hydrogens (tertiary/aromatic N) is 1. The normalized spacial score (nSPS) is 16.3. The highest BCUT2D eigenvalue weighted by Gasteiger charge is 2.16. The molecular formula is C11H17N3O2. The van der Waals surface area contributed by atoms with Crippen molar-refractivity contribution in [1.82, 2.24) is 15.8 Å². The van der Waals surface area contributed by atoms with E-state index in [4.69, 9.17) is 4.52 Å². The first kappa shape index (κ1) is 11.0. The monoisotopic (exact) mass is 223 g/mol. The predicted molar refractivity (Wildman–Crippen MR) is 58.9 cm³/mol. The molecule has 0 aromatic carbocycles. The lowest BCUT2D eigenvalue weighted by Gasteiger charge is -2.12. The van der Waals surface area contributed by atoms with Gasteiger partial charge in [-0.15, -0.1) is 0 Å². The van der Waals surface area contributed by atoms with Crippen molar-refractivity contribution in [3.05, 3.63) is 17.5 Å². The third kappa shape index (κ3) is 2.74. The zero-order valence-electron chi connectivity index (χ0n) is 9.45. The lowest BCUT2D eigenvalue weighted by Crippen LogP contribution is -2.40. The fourth-order valence-corrected chi connectivity index (χ4v) is 1.97. The molecule has 1 aromatic heterocycles. The third-order valence-corrected chi connectivity index (χ3v) is 2.98. The molecule has 1 saturated carbocycles. The molecular weight excluding hydrogens is 206 g/mol. The lowest BCUT2D eigenvalue weighted by atomic mass is 10.2. The molecule has 88 valence electrons. The Balaban J connectivity index is 1.73. The van der Waals surface area contributed by atoms with E-state index in [9.17, 15) is 4.79 Å². The van der Waals surface area contributed by atoms with Crippen molar-refractivity contribution in [2.75, 3.05) is 0 Å². The van der Waals surface area contributed by atoms with Crippen molar-refractivity contribution in [3.8, 4) is 0 Å². The maximum Gasteiger partial charge on any atom is 0.315 e. The fourth-order valence-electron chi connectivity index (χ4n) is 1.97. The highest BCUT2D eigenvalue weighted by atomic mass is 16.5. The van der Waals surface area contributed by atoms with Crippen LogP contribution in [0.5, 0.6) is 0 Å². The van der Waals surface area contributed by atoms with Crippen LogP contribution in [0.1, 0.15) is 37.0 Å². The van der Waals surface area contributed by atoms with Crippen molar-refractivity contribution >= 4 is 6.03 Å². The first-order valence-corrected chi connectivity index (χ1v) is 5.70. The highest BCUT2D eigenvalue weighted by Crippen LogP contribution is 2.17. The summed E-state index contributed by atoms with van der Waals surface area (Å²) in [6.07, 6.45) is 6.26. The summed E-state index contributed by atoms with van der Waals surface area (Å²) in [6, 6.07) is 0.246. The van der Waals surface area contributed by atoms with Crippen LogP contribution in [0.2, 0.25) is 0 Å². The van der Waals surface area contributed by atoms with E-state index in [2.05, 4.69) is 15.8 Å². The molecule has 16 heavy (non-hydrogen) atoms. The minimum Gasteiger partial charge on any atom is -0.361 e. The highest BCUT2D eigenvalue weighted by molar-refractivity contribution is 5.74. The minimum atomic E-state index is -0.104. The molecule has 0 saturated heterocycles. The van der Waals surface area contributed by atoms with E-state index in [1.54, 1.807) is 6.20 Å². The number of rotatable bonds is 3. The third-order valence-electron chi connectivity index (χ3n) is 2.98. The Morgan fingerprint density at radius 1 is 1.56 bits per heavy atom. The zero-order valence-corrected chi connectivity index (χ0v) is 9.45. The maximum atomic E-state index is 11.5. The van der Waals surface area contributed by atoms with Gasteiger partial charge in [-0.2, -0.15) is 0 Å². The molecule has 0 unspecified atom stereocenters. The number of hydrogen-bond acceptors (Lipinski definition) is 3. The summed E-state index contributed by atoms with van der Waals surface area (Å²) < 4.78 is 4.91. The molecule has 1 aliphatic rings. The Labute approximate surface area is 94.6 Å². The zero-order chi connectivity index (χ0) is 11.4. The topological polar surface area (TPSA) is 67.2 Å². The van der Waals surface area contributed by atoms with Crippen molar-refractivity contribution in [3.63, 3.8) is 0 Å². The van der Waals surface area contributed by atoms with E-state index in [0.29, 0.717) is 12.6 Å². The van der Waals surface area contributed by atoms with Crippen LogP contribution in [0.4, 0.5) is 4.79 Å². The molecule has 0 aliphatic heterocycles. The number of hydrogen-bond donors (Lipinski definition) is 2. The molecule has 2 amide bonds. The summed E-state index contributed by atoms with van der Waals surface area (Å²) in [5, 5.41) is 9.42. The van der Waals surface area contributed by atoms with Gasteiger partial charge in [0.1, 0.15) is 5.76 Å². The Morgan fingerprint density at radius 3 is 2.94 bits per heavy atom. The van der Waals surface area contributed by atoms with E-state index in [-0.39, 0.29) is 6.03 Å². The van der Waals surface area contributed by atoms with Gasteiger partial charge in [0.25, 0.3) is 0 Å². The number of urea groups is 1. The largest absolute Gasteiger partial charge is 0.361 e. The van der Waals surface area contributed by atoms with Gasteiger partial charge in [0, 0.05) is 18.2 Å². The standard InChI is InChI=1S/C11H17N3O2/c1-8-9(7-13-16-8)6-12-11(15)14-10-4-2-3-5-10/h7,10H,2-6H2,1H3,(H2,12,14,15). The summed E-state index contributed by atoms with van der Waals surface area (Å²) in [4.78, 5) is 11.5. The van der Waals surface area contributed by atoms with Crippen LogP contribution >= 0.6 is 0 Å². The van der Waals surface area contributed by atoms with Crippen LogP contribution in [0.15, 0.2) is 10.7 Å². The quantitative estimate of drug-likeness (QED) is 0.820. The molecule has 0 bridgehead atoms. The van der Waals surface area contributed by atoms with Crippen LogP contribution in [-0.2, 0) is 6.54 Å². The molecule has 1 heterocycles. The SMILES string of the molecule is Cc1oncc1CNC(=O)NC1CCCC1. The molecule has 1 fully saturated rings. The minimum absolute atomic E-state index is 0.104. The number of aromatic nitrogens is 1. The summed E-state index contributed by atoms with van der Waals surface area (Å²) in [6.45, 7) is 2.30. The van der Waals surface area contributed by atoms with E-state index in [1.165, 1.54) is 12.8 Å². The van der Waals surface area contributed by atoms with Crippen LogP contribution in [0.25, 0.3) is 0 Å². The summed E-state index contributed by atoms with van der Waals surface area (Å²) in [7, 11) is 0. The van der Waals surface area contributed by atoms with Gasteiger partial charge in [0.2, 0.25) is 0 Å². The van der Waals surface area contributed by atoms with Crippen LogP contribution in [0.3, 0.4) is 0 Å². The first-order valence-electron chi connectivity index (χ1n) is 5.70. The maximum absolute atomic E-state index is 11.5. The Morgan fingerprint density at radius 2 is 2.31 bits per heavy atom. The van der Waals surface area contributed by atoms with Gasteiger partial charge in [0.05, 0.1) is 6.20 Å². The van der Waals surface area contributed by atoms with Crippen molar-refractivity contribution in [1.29, 1.82) is 0 Å². The average molecular weight is 223 g/mol. The van der Waals surface area contributed by atoms with Crippen molar-refractivity contribution in [2.45, 2.75) is 45.2 Å². The first-order chi connectivity index (χ1) is 7.75.